The molecule has 0 spiro atoms. The van der Waals surface area contributed by atoms with E-state index in [2.05, 4.69) is 0 Å². The Balaban J connectivity index is 2.45. The van der Waals surface area contributed by atoms with Gasteiger partial charge < -0.3 is 9.46 Å². The molecule has 1 amide bonds. The lowest BCUT2D eigenvalue weighted by atomic mass is 10.2. The molecule has 0 N–H and O–H groups in total. The zero-order valence-electron chi connectivity index (χ0n) is 14.8. The highest BCUT2D eigenvalue weighted by Gasteiger charge is 2.33. The maximum Gasteiger partial charge on any atom is 0.231 e. The van der Waals surface area contributed by atoms with Crippen LogP contribution in [0.4, 0.5) is 0 Å². The Morgan fingerprint density at radius 2 is 1.21 bits per heavy atom. The van der Waals surface area contributed by atoms with E-state index in [1.54, 1.807) is 0 Å². The molecule has 0 atom stereocenters. The summed E-state index contributed by atoms with van der Waals surface area (Å²) in [5.41, 5.74) is 0. The Hall–Kier alpha value is -1.86. The molecule has 0 saturated carbocycles. The molecule has 0 aliphatic heterocycles. The Morgan fingerprint density at radius 1 is 0.833 bits per heavy atom. The molecule has 2 aromatic rings. The second-order valence-electron chi connectivity index (χ2n) is 6.56. The van der Waals surface area contributed by atoms with E-state index in [-0.39, 0.29) is 24.2 Å². The minimum absolute atomic E-state index is 0.0252. The lowest BCUT2D eigenvalue weighted by Gasteiger charge is -2.32. The molecule has 0 bridgehead atoms. The number of hydrogen-bond donors (Lipinski definition) is 0. The van der Waals surface area contributed by atoms with Crippen LogP contribution in [0.3, 0.4) is 0 Å². The average Bonchev–Trinajstić information content (AvgIpc) is 2.55. The zero-order valence-corrected chi connectivity index (χ0v) is 15.7. The van der Waals surface area contributed by atoms with Crippen LogP contribution in [0, 0.1) is 0 Å². The van der Waals surface area contributed by atoms with E-state index < -0.39 is 7.14 Å². The number of nitrogens with zero attached hydrogens (tertiary/aromatic N) is 1. The van der Waals surface area contributed by atoms with Crippen LogP contribution in [0.15, 0.2) is 60.7 Å². The number of rotatable bonds is 6. The molecule has 0 fully saturated rings. The van der Waals surface area contributed by atoms with Gasteiger partial charge in [0.25, 0.3) is 0 Å². The Labute approximate surface area is 145 Å². The van der Waals surface area contributed by atoms with Crippen molar-refractivity contribution in [2.45, 2.75) is 39.8 Å². The molecule has 0 saturated heterocycles. The van der Waals surface area contributed by atoms with Crippen LogP contribution in [0.25, 0.3) is 0 Å². The fourth-order valence-electron chi connectivity index (χ4n) is 3.11. The second kappa shape index (κ2) is 7.81. The minimum atomic E-state index is -3.00. The smallest absolute Gasteiger partial charge is 0.231 e. The van der Waals surface area contributed by atoms with Crippen LogP contribution in [0.5, 0.6) is 0 Å². The SMILES string of the molecule is CC(C)N(C(=O)CP(=O)(c1ccccc1)c1ccccc1)C(C)C. The summed E-state index contributed by atoms with van der Waals surface area (Å²) >= 11 is 0. The summed E-state index contributed by atoms with van der Waals surface area (Å²) in [5.74, 6) is -0.0592. The van der Waals surface area contributed by atoms with Crippen molar-refractivity contribution < 1.29 is 9.36 Å². The van der Waals surface area contributed by atoms with Crippen LogP contribution in [0.2, 0.25) is 0 Å². The largest absolute Gasteiger partial charge is 0.337 e. The molecule has 3 nitrogen and oxygen atoms in total. The van der Waals surface area contributed by atoms with Crippen LogP contribution >= 0.6 is 7.14 Å². The van der Waals surface area contributed by atoms with Gasteiger partial charge in [-0.2, -0.15) is 0 Å². The first kappa shape index (κ1) is 18.5. The second-order valence-corrected chi connectivity index (χ2v) is 9.39. The number of hydrogen-bond acceptors (Lipinski definition) is 2. The van der Waals surface area contributed by atoms with Crippen molar-refractivity contribution in [2.24, 2.45) is 0 Å². The molecule has 128 valence electrons. The average molecular weight is 343 g/mol. The van der Waals surface area contributed by atoms with Gasteiger partial charge in [-0.1, -0.05) is 60.7 Å². The molecule has 4 heteroatoms. The molecular weight excluding hydrogens is 317 g/mol. The van der Waals surface area contributed by atoms with E-state index in [1.807, 2.05) is 93.3 Å². The third-order valence-corrected chi connectivity index (χ3v) is 7.09. The number of benzene rings is 2. The van der Waals surface area contributed by atoms with Gasteiger partial charge in [-0.3, -0.25) is 4.79 Å². The first-order chi connectivity index (χ1) is 11.4. The van der Waals surface area contributed by atoms with Crippen molar-refractivity contribution in [1.29, 1.82) is 0 Å². The van der Waals surface area contributed by atoms with E-state index in [0.29, 0.717) is 0 Å². The molecule has 0 aromatic heterocycles. The highest BCUT2D eigenvalue weighted by atomic mass is 31.2. The Morgan fingerprint density at radius 3 is 1.54 bits per heavy atom. The van der Waals surface area contributed by atoms with E-state index in [1.165, 1.54) is 0 Å². The molecule has 24 heavy (non-hydrogen) atoms. The van der Waals surface area contributed by atoms with Gasteiger partial charge in [0.15, 0.2) is 7.14 Å². The van der Waals surface area contributed by atoms with E-state index in [9.17, 15) is 9.36 Å². The minimum Gasteiger partial charge on any atom is -0.337 e. The van der Waals surface area contributed by atoms with Gasteiger partial charge in [0.2, 0.25) is 5.91 Å². The monoisotopic (exact) mass is 343 g/mol. The van der Waals surface area contributed by atoms with Gasteiger partial charge in [-0.25, -0.2) is 0 Å². The number of amides is 1. The summed E-state index contributed by atoms with van der Waals surface area (Å²) in [6, 6.07) is 18.9. The summed E-state index contributed by atoms with van der Waals surface area (Å²) in [6.07, 6.45) is 0.0252. The predicted octanol–water partition coefficient (Wildman–Crippen LogP) is 3.65. The van der Waals surface area contributed by atoms with Crippen LogP contribution < -0.4 is 10.6 Å². The summed E-state index contributed by atoms with van der Waals surface area (Å²) in [5, 5.41) is 1.47. The quantitative estimate of drug-likeness (QED) is 0.751. The van der Waals surface area contributed by atoms with Crippen molar-refractivity contribution in [3.63, 3.8) is 0 Å². The van der Waals surface area contributed by atoms with Gasteiger partial charge in [0, 0.05) is 22.7 Å². The Bertz CT molecular complexity index is 659. The molecule has 0 radical (unpaired) electrons. The lowest BCUT2D eigenvalue weighted by molar-refractivity contribution is -0.131. The summed E-state index contributed by atoms with van der Waals surface area (Å²) < 4.78 is 13.9. The van der Waals surface area contributed by atoms with Crippen molar-refractivity contribution >= 4 is 23.7 Å². The third kappa shape index (κ3) is 3.96. The van der Waals surface area contributed by atoms with Crippen LogP contribution in [-0.2, 0) is 9.36 Å². The molecule has 2 rings (SSSR count). The van der Waals surface area contributed by atoms with Crippen molar-refractivity contribution in [2.75, 3.05) is 6.16 Å². The molecule has 2 aromatic carbocycles. The highest BCUT2D eigenvalue weighted by Crippen LogP contribution is 2.43. The summed E-state index contributed by atoms with van der Waals surface area (Å²) in [7, 11) is -3.00. The maximum absolute atomic E-state index is 13.9. The predicted molar refractivity (Wildman–Crippen MR) is 102 cm³/mol. The number of carbonyl (C=O) groups excluding carboxylic acids is 1. The third-order valence-electron chi connectivity index (χ3n) is 4.11. The lowest BCUT2D eigenvalue weighted by Crippen LogP contribution is -2.44. The molecule has 0 heterocycles. The standard InChI is InChI=1S/C20H26NO2P/c1-16(2)21(17(3)4)20(22)15-24(23,18-11-7-5-8-12-18)19-13-9-6-10-14-19/h5-14,16-17H,15H2,1-4H3. The van der Waals surface area contributed by atoms with E-state index in [0.717, 1.165) is 10.6 Å². The van der Waals surface area contributed by atoms with Gasteiger partial charge in [0.1, 0.15) is 0 Å². The van der Waals surface area contributed by atoms with Gasteiger partial charge >= 0.3 is 0 Å². The van der Waals surface area contributed by atoms with Gasteiger partial charge in [-0.05, 0) is 27.7 Å². The zero-order chi connectivity index (χ0) is 17.7. The summed E-state index contributed by atoms with van der Waals surface area (Å²) in [6.45, 7) is 7.98. The van der Waals surface area contributed by atoms with E-state index in [4.69, 9.17) is 0 Å². The van der Waals surface area contributed by atoms with Crippen molar-refractivity contribution in [1.82, 2.24) is 4.90 Å². The van der Waals surface area contributed by atoms with E-state index >= 15 is 0 Å². The maximum atomic E-state index is 13.9. The molecule has 0 aliphatic rings. The molecule has 0 aliphatic carbocycles. The number of carbonyl (C=O) groups is 1. The van der Waals surface area contributed by atoms with Crippen molar-refractivity contribution in [3.05, 3.63) is 60.7 Å². The van der Waals surface area contributed by atoms with Gasteiger partial charge in [0.05, 0.1) is 6.16 Å². The van der Waals surface area contributed by atoms with Crippen LogP contribution in [0.1, 0.15) is 27.7 Å². The normalized spacial score (nSPS) is 11.8. The highest BCUT2D eigenvalue weighted by molar-refractivity contribution is 7.79. The first-order valence-corrected chi connectivity index (χ1v) is 10.3. The summed E-state index contributed by atoms with van der Waals surface area (Å²) in [4.78, 5) is 14.8. The van der Waals surface area contributed by atoms with Crippen molar-refractivity contribution in [3.8, 4) is 0 Å². The topological polar surface area (TPSA) is 37.4 Å². The molecule has 0 unspecified atom stereocenters. The van der Waals surface area contributed by atoms with Crippen LogP contribution in [-0.4, -0.2) is 29.1 Å². The Kier molecular flexibility index (Phi) is 6.01. The first-order valence-electron chi connectivity index (χ1n) is 8.37. The fourth-order valence-corrected chi connectivity index (χ4v) is 5.63. The van der Waals surface area contributed by atoms with Gasteiger partial charge in [-0.15, -0.1) is 0 Å². The fraction of sp³-hybridized carbons (Fsp3) is 0.350. The molecular formula is C20H26NO2P.